The molecule has 1 aromatic heterocycles. The van der Waals surface area contributed by atoms with Gasteiger partial charge in [-0.15, -0.1) is 0 Å². The van der Waals surface area contributed by atoms with E-state index in [4.69, 9.17) is 27.9 Å². The number of hydrogen-bond acceptors (Lipinski definition) is 2. The van der Waals surface area contributed by atoms with Crippen LogP contribution in [0, 0.1) is 0 Å². The third kappa shape index (κ3) is 3.69. The van der Waals surface area contributed by atoms with Crippen molar-refractivity contribution in [2.24, 2.45) is 0 Å². The third-order valence-electron chi connectivity index (χ3n) is 3.37. The van der Waals surface area contributed by atoms with Gasteiger partial charge in [0.1, 0.15) is 5.75 Å². The van der Waals surface area contributed by atoms with E-state index in [0.29, 0.717) is 10.0 Å². The summed E-state index contributed by atoms with van der Waals surface area (Å²) in [5.74, 6) is 0.786. The van der Waals surface area contributed by atoms with Crippen LogP contribution >= 0.6 is 39.1 Å². The Balaban J connectivity index is 2.00. The minimum atomic E-state index is 0.625. The highest BCUT2D eigenvalue weighted by atomic mass is 79.9. The Bertz CT molecular complexity index is 909. The summed E-state index contributed by atoms with van der Waals surface area (Å²) >= 11 is 15.8. The van der Waals surface area contributed by atoms with Crippen molar-refractivity contribution in [3.05, 3.63) is 68.2 Å². The fourth-order valence-corrected chi connectivity index (χ4v) is 3.03. The van der Waals surface area contributed by atoms with Crippen molar-refractivity contribution in [2.45, 2.75) is 0 Å². The molecule has 23 heavy (non-hydrogen) atoms. The van der Waals surface area contributed by atoms with Crippen LogP contribution in [0.3, 0.4) is 0 Å². The zero-order valence-electron chi connectivity index (χ0n) is 12.2. The van der Waals surface area contributed by atoms with E-state index in [9.17, 15) is 0 Å². The molecule has 0 aliphatic heterocycles. The van der Waals surface area contributed by atoms with E-state index in [2.05, 4.69) is 20.9 Å². The van der Waals surface area contributed by atoms with Crippen molar-refractivity contribution in [3.8, 4) is 5.75 Å². The molecule has 0 amide bonds. The maximum absolute atomic E-state index is 6.33. The van der Waals surface area contributed by atoms with Crippen molar-refractivity contribution >= 4 is 62.2 Å². The normalized spacial score (nSPS) is 11.3. The minimum absolute atomic E-state index is 0.625. The summed E-state index contributed by atoms with van der Waals surface area (Å²) in [6, 6.07) is 13.2. The molecule has 0 fully saturated rings. The highest BCUT2D eigenvalue weighted by Crippen LogP contribution is 2.28. The summed E-state index contributed by atoms with van der Waals surface area (Å²) in [7, 11) is 1.65. The molecule has 1 heterocycles. The number of fused-ring (bicyclic) bond motifs is 1. The smallest absolute Gasteiger partial charge is 0.127 e. The first-order valence-electron chi connectivity index (χ1n) is 6.84. The highest BCUT2D eigenvalue weighted by molar-refractivity contribution is 9.10. The lowest BCUT2D eigenvalue weighted by Crippen LogP contribution is -1.88. The van der Waals surface area contributed by atoms with Gasteiger partial charge in [0.15, 0.2) is 0 Å². The van der Waals surface area contributed by atoms with E-state index in [0.717, 1.165) is 32.4 Å². The first-order valence-corrected chi connectivity index (χ1v) is 8.39. The Hall–Kier alpha value is -1.55. The summed E-state index contributed by atoms with van der Waals surface area (Å²) < 4.78 is 6.35. The van der Waals surface area contributed by atoms with Crippen molar-refractivity contribution in [1.82, 2.24) is 4.98 Å². The zero-order valence-corrected chi connectivity index (χ0v) is 15.3. The van der Waals surface area contributed by atoms with Crippen molar-refractivity contribution in [2.75, 3.05) is 7.11 Å². The van der Waals surface area contributed by atoms with Gasteiger partial charge in [-0.25, -0.2) is 4.98 Å². The molecule has 0 radical (unpaired) electrons. The summed E-state index contributed by atoms with van der Waals surface area (Å²) in [6.45, 7) is 0. The molecule has 2 nitrogen and oxygen atoms in total. The first kappa shape index (κ1) is 16.3. The number of methoxy groups -OCH3 is 1. The second-order valence-electron chi connectivity index (χ2n) is 4.91. The minimum Gasteiger partial charge on any atom is -0.496 e. The number of hydrogen-bond donors (Lipinski definition) is 0. The van der Waals surface area contributed by atoms with Gasteiger partial charge in [-0.3, -0.25) is 0 Å². The van der Waals surface area contributed by atoms with Gasteiger partial charge >= 0.3 is 0 Å². The van der Waals surface area contributed by atoms with Gasteiger partial charge < -0.3 is 4.74 Å². The van der Waals surface area contributed by atoms with Gasteiger partial charge in [-0.05, 0) is 48.6 Å². The fraction of sp³-hybridized carbons (Fsp3) is 0.0556. The van der Waals surface area contributed by atoms with Crippen LogP contribution in [0.4, 0.5) is 0 Å². The molecule has 0 aliphatic carbocycles. The Morgan fingerprint density at radius 1 is 1.04 bits per heavy atom. The Kier molecular flexibility index (Phi) is 4.90. The lowest BCUT2D eigenvalue weighted by molar-refractivity contribution is 0.413. The number of pyridine rings is 1. The van der Waals surface area contributed by atoms with E-state index >= 15 is 0 Å². The molecule has 0 atom stereocenters. The fourth-order valence-electron chi connectivity index (χ4n) is 2.26. The van der Waals surface area contributed by atoms with E-state index in [1.54, 1.807) is 13.2 Å². The van der Waals surface area contributed by atoms with Crippen LogP contribution in [-0.4, -0.2) is 12.1 Å². The van der Waals surface area contributed by atoms with Crippen LogP contribution in [0.2, 0.25) is 10.0 Å². The second kappa shape index (κ2) is 6.91. The number of aromatic nitrogens is 1. The molecule has 5 heteroatoms. The lowest BCUT2D eigenvalue weighted by atomic mass is 10.1. The summed E-state index contributed by atoms with van der Waals surface area (Å²) in [5, 5.41) is 2.11. The predicted molar refractivity (Wildman–Crippen MR) is 101 cm³/mol. The highest BCUT2D eigenvalue weighted by Gasteiger charge is 2.04. The van der Waals surface area contributed by atoms with Crippen molar-refractivity contribution < 1.29 is 4.74 Å². The predicted octanol–water partition coefficient (Wildman–Crippen LogP) is 6.48. The van der Waals surface area contributed by atoms with Gasteiger partial charge in [-0.2, -0.15) is 0 Å². The number of benzene rings is 2. The van der Waals surface area contributed by atoms with E-state index in [1.807, 2.05) is 48.6 Å². The molecule has 3 rings (SSSR count). The summed E-state index contributed by atoms with van der Waals surface area (Å²) in [4.78, 5) is 4.59. The van der Waals surface area contributed by atoms with Gasteiger partial charge in [-0.1, -0.05) is 45.2 Å². The Morgan fingerprint density at radius 2 is 1.87 bits per heavy atom. The molecule has 0 aliphatic rings. The number of ether oxygens (including phenoxy) is 1. The van der Waals surface area contributed by atoms with Gasteiger partial charge in [0, 0.05) is 20.4 Å². The third-order valence-corrected chi connectivity index (χ3v) is 4.41. The Labute approximate surface area is 152 Å². The molecule has 3 aromatic rings. The van der Waals surface area contributed by atoms with E-state index < -0.39 is 0 Å². The largest absolute Gasteiger partial charge is 0.496 e. The second-order valence-corrected chi connectivity index (χ2v) is 6.67. The molecular weight excluding hydrogens is 397 g/mol. The van der Waals surface area contributed by atoms with Gasteiger partial charge in [0.2, 0.25) is 0 Å². The SMILES string of the molecule is COc1cc(Br)ccc1/C=C/c1cc(Cl)c2cc(Cl)ccc2n1. The van der Waals surface area contributed by atoms with Gasteiger partial charge in [0.05, 0.1) is 23.3 Å². The Morgan fingerprint density at radius 3 is 2.65 bits per heavy atom. The molecule has 0 unspecified atom stereocenters. The van der Waals surface area contributed by atoms with Crippen LogP contribution in [0.1, 0.15) is 11.3 Å². The van der Waals surface area contributed by atoms with E-state index in [1.165, 1.54) is 0 Å². The molecule has 0 saturated heterocycles. The van der Waals surface area contributed by atoms with Crippen LogP contribution in [0.25, 0.3) is 23.1 Å². The molecular formula is C18H12BrCl2NO. The van der Waals surface area contributed by atoms with Crippen LogP contribution < -0.4 is 4.74 Å². The summed E-state index contributed by atoms with van der Waals surface area (Å²) in [6.07, 6.45) is 3.86. The van der Waals surface area contributed by atoms with Crippen LogP contribution in [0.15, 0.2) is 46.9 Å². The van der Waals surface area contributed by atoms with Crippen LogP contribution in [-0.2, 0) is 0 Å². The van der Waals surface area contributed by atoms with Crippen molar-refractivity contribution in [1.29, 1.82) is 0 Å². The average Bonchev–Trinajstić information content (AvgIpc) is 2.54. The maximum Gasteiger partial charge on any atom is 0.127 e. The monoisotopic (exact) mass is 407 g/mol. The molecule has 0 N–H and O–H groups in total. The molecule has 0 bridgehead atoms. The maximum atomic E-state index is 6.33. The molecule has 0 spiro atoms. The number of nitrogens with zero attached hydrogens (tertiary/aromatic N) is 1. The average molecular weight is 409 g/mol. The quantitative estimate of drug-likeness (QED) is 0.494. The molecule has 0 saturated carbocycles. The molecule has 116 valence electrons. The zero-order chi connectivity index (χ0) is 16.4. The lowest BCUT2D eigenvalue weighted by Gasteiger charge is -2.06. The van der Waals surface area contributed by atoms with Gasteiger partial charge in [0.25, 0.3) is 0 Å². The topological polar surface area (TPSA) is 22.1 Å². The number of rotatable bonds is 3. The van der Waals surface area contributed by atoms with Crippen molar-refractivity contribution in [3.63, 3.8) is 0 Å². The first-order chi connectivity index (χ1) is 11.1. The standard InChI is InChI=1S/C18H12BrCl2NO/c1-23-18-8-12(19)4-2-11(18)3-6-14-10-16(21)15-9-13(20)5-7-17(15)22-14/h2-10H,1H3/b6-3+. The molecule has 2 aromatic carbocycles. The summed E-state index contributed by atoms with van der Waals surface area (Å²) in [5.41, 5.74) is 2.55. The van der Waals surface area contributed by atoms with E-state index in [-0.39, 0.29) is 0 Å². The van der Waals surface area contributed by atoms with Crippen LogP contribution in [0.5, 0.6) is 5.75 Å². The number of halogens is 3.